The first kappa shape index (κ1) is 16.2. The Morgan fingerprint density at radius 2 is 2.09 bits per heavy atom. The van der Waals surface area contributed by atoms with Gasteiger partial charge in [-0.3, -0.25) is 9.59 Å². The highest BCUT2D eigenvalue weighted by Gasteiger charge is 2.61. The number of nitrogens with zero attached hydrogens (tertiary/aromatic N) is 3. The van der Waals surface area contributed by atoms with Crippen molar-refractivity contribution in [2.24, 2.45) is 30.2 Å². The molecule has 3 unspecified atom stereocenters. The third-order valence-corrected chi connectivity index (χ3v) is 4.45. The summed E-state index contributed by atoms with van der Waals surface area (Å²) in [6.07, 6.45) is 5.17. The van der Waals surface area contributed by atoms with E-state index in [1.54, 1.807) is 13.2 Å². The molecule has 0 aliphatic heterocycles. The number of nitriles is 1. The molecule has 116 valence electrons. The summed E-state index contributed by atoms with van der Waals surface area (Å²) < 4.78 is 1.53. The van der Waals surface area contributed by atoms with E-state index in [0.29, 0.717) is 0 Å². The summed E-state index contributed by atoms with van der Waals surface area (Å²) in [5.74, 6) is -2.12. The Morgan fingerprint density at radius 3 is 2.55 bits per heavy atom. The minimum Gasteiger partial charge on any atom is -0.332 e. The molecule has 0 spiro atoms. The van der Waals surface area contributed by atoms with E-state index in [9.17, 15) is 14.9 Å². The standard InChI is InChI=1S/C17H21N3O2/c1-10(2)8-12-13(17(12,3)4)14(21)11(9-18)15(22)16-19-6-7-20(16)5/h6-8,11-13H,1-5H3. The lowest BCUT2D eigenvalue weighted by molar-refractivity contribution is -0.122. The van der Waals surface area contributed by atoms with Crippen molar-refractivity contribution in [3.05, 3.63) is 29.9 Å². The zero-order valence-electron chi connectivity index (χ0n) is 13.6. The fourth-order valence-electron chi connectivity index (χ4n) is 3.05. The molecule has 0 bridgehead atoms. The summed E-state index contributed by atoms with van der Waals surface area (Å²) >= 11 is 0. The smallest absolute Gasteiger partial charge is 0.222 e. The van der Waals surface area contributed by atoms with E-state index < -0.39 is 11.7 Å². The predicted molar refractivity (Wildman–Crippen MR) is 81.8 cm³/mol. The normalized spacial score (nSPS) is 23.3. The van der Waals surface area contributed by atoms with Crippen molar-refractivity contribution >= 4 is 11.6 Å². The SMILES string of the molecule is CC(C)=CC1C(C(=O)C(C#N)C(=O)c2nccn2C)C1(C)C. The Balaban J connectivity index is 2.25. The lowest BCUT2D eigenvalue weighted by Gasteiger charge is -2.08. The first-order valence-corrected chi connectivity index (χ1v) is 7.31. The highest BCUT2D eigenvalue weighted by molar-refractivity contribution is 6.12. The van der Waals surface area contributed by atoms with Crippen LogP contribution in [0.25, 0.3) is 0 Å². The van der Waals surface area contributed by atoms with E-state index in [1.165, 1.54) is 10.8 Å². The van der Waals surface area contributed by atoms with E-state index in [-0.39, 0.29) is 28.9 Å². The van der Waals surface area contributed by atoms with Gasteiger partial charge in [-0.1, -0.05) is 25.5 Å². The van der Waals surface area contributed by atoms with Gasteiger partial charge in [-0.05, 0) is 25.2 Å². The van der Waals surface area contributed by atoms with E-state index in [0.717, 1.165) is 5.57 Å². The van der Waals surface area contributed by atoms with Crippen LogP contribution in [0.2, 0.25) is 0 Å². The lowest BCUT2D eigenvalue weighted by atomic mass is 9.93. The Bertz CT molecular complexity index is 687. The van der Waals surface area contributed by atoms with Crippen LogP contribution in [-0.2, 0) is 11.8 Å². The second-order valence-corrected chi connectivity index (χ2v) is 6.76. The molecular formula is C17H21N3O2. The van der Waals surface area contributed by atoms with Crippen LogP contribution in [-0.4, -0.2) is 21.1 Å². The van der Waals surface area contributed by atoms with E-state index in [4.69, 9.17) is 0 Å². The molecule has 5 heteroatoms. The van der Waals surface area contributed by atoms with E-state index in [2.05, 4.69) is 11.1 Å². The maximum Gasteiger partial charge on any atom is 0.222 e. The quantitative estimate of drug-likeness (QED) is 0.475. The fourth-order valence-corrected chi connectivity index (χ4v) is 3.05. The average Bonchev–Trinajstić information content (AvgIpc) is 2.76. The molecule has 0 N–H and O–H groups in total. The Kier molecular flexibility index (Phi) is 4.06. The van der Waals surface area contributed by atoms with Gasteiger partial charge >= 0.3 is 0 Å². The maximum absolute atomic E-state index is 12.7. The van der Waals surface area contributed by atoms with E-state index in [1.807, 2.05) is 33.8 Å². The first-order valence-electron chi connectivity index (χ1n) is 7.31. The van der Waals surface area contributed by atoms with Gasteiger partial charge < -0.3 is 4.57 Å². The number of carbonyl (C=O) groups is 2. The predicted octanol–water partition coefficient (Wildman–Crippen LogP) is 2.55. The van der Waals surface area contributed by atoms with Gasteiger partial charge in [0.2, 0.25) is 5.78 Å². The zero-order chi connectivity index (χ0) is 16.7. The number of aromatic nitrogens is 2. The van der Waals surface area contributed by atoms with Crippen LogP contribution in [0.15, 0.2) is 24.0 Å². The van der Waals surface area contributed by atoms with Crippen molar-refractivity contribution < 1.29 is 9.59 Å². The second kappa shape index (κ2) is 5.53. The van der Waals surface area contributed by atoms with Crippen LogP contribution >= 0.6 is 0 Å². The Hall–Kier alpha value is -2.22. The molecule has 1 aromatic heterocycles. The summed E-state index contributed by atoms with van der Waals surface area (Å²) in [5.41, 5.74) is 0.933. The van der Waals surface area contributed by atoms with Gasteiger partial charge in [0.1, 0.15) is 0 Å². The largest absolute Gasteiger partial charge is 0.332 e. The lowest BCUT2D eigenvalue weighted by Crippen LogP contribution is -2.27. The first-order chi connectivity index (χ1) is 10.2. The Labute approximate surface area is 130 Å². The van der Waals surface area contributed by atoms with Gasteiger partial charge in [-0.25, -0.2) is 4.98 Å². The van der Waals surface area contributed by atoms with Crippen molar-refractivity contribution in [1.82, 2.24) is 9.55 Å². The van der Waals surface area contributed by atoms with Crippen LogP contribution in [0, 0.1) is 34.5 Å². The average molecular weight is 299 g/mol. The zero-order valence-corrected chi connectivity index (χ0v) is 13.6. The molecule has 1 aliphatic carbocycles. The number of rotatable bonds is 5. The minimum atomic E-state index is -1.28. The fraction of sp³-hybridized carbons (Fsp3) is 0.529. The molecule has 1 fully saturated rings. The number of carbonyl (C=O) groups excluding carboxylic acids is 2. The molecule has 1 heterocycles. The number of imidazole rings is 1. The van der Waals surface area contributed by atoms with Crippen molar-refractivity contribution in [2.75, 3.05) is 0 Å². The molecule has 5 nitrogen and oxygen atoms in total. The van der Waals surface area contributed by atoms with Gasteiger partial charge in [0.15, 0.2) is 17.5 Å². The van der Waals surface area contributed by atoms with Crippen LogP contribution < -0.4 is 0 Å². The van der Waals surface area contributed by atoms with E-state index >= 15 is 0 Å². The molecule has 22 heavy (non-hydrogen) atoms. The third kappa shape index (κ3) is 2.61. The number of hydrogen-bond acceptors (Lipinski definition) is 4. The molecule has 0 aromatic carbocycles. The number of aryl methyl sites for hydroxylation is 1. The monoisotopic (exact) mass is 299 g/mol. The van der Waals surface area contributed by atoms with Crippen molar-refractivity contribution in [2.45, 2.75) is 27.7 Å². The summed E-state index contributed by atoms with van der Waals surface area (Å²) in [6, 6.07) is 1.88. The highest BCUT2D eigenvalue weighted by Crippen LogP contribution is 2.60. The van der Waals surface area contributed by atoms with Crippen LogP contribution in [0.5, 0.6) is 0 Å². The number of Topliss-reactive ketones (excluding diaryl/α,β-unsaturated/α-hetero) is 2. The minimum absolute atomic E-state index is 0.0926. The van der Waals surface area contributed by atoms with Gasteiger partial charge in [0, 0.05) is 25.4 Å². The van der Waals surface area contributed by atoms with Crippen molar-refractivity contribution in [1.29, 1.82) is 5.26 Å². The van der Waals surface area contributed by atoms with Gasteiger partial charge in [0.25, 0.3) is 0 Å². The molecule has 1 aliphatic rings. The molecular weight excluding hydrogens is 278 g/mol. The van der Waals surface area contributed by atoms with Crippen molar-refractivity contribution in [3.8, 4) is 6.07 Å². The molecule has 0 amide bonds. The topological polar surface area (TPSA) is 75.8 Å². The number of allylic oxidation sites excluding steroid dienone is 2. The van der Waals surface area contributed by atoms with Gasteiger partial charge in [-0.2, -0.15) is 5.26 Å². The van der Waals surface area contributed by atoms with Crippen molar-refractivity contribution in [3.63, 3.8) is 0 Å². The molecule has 3 atom stereocenters. The maximum atomic E-state index is 12.7. The summed E-state index contributed by atoms with van der Waals surface area (Å²) in [5, 5.41) is 9.33. The summed E-state index contributed by atoms with van der Waals surface area (Å²) in [4.78, 5) is 29.1. The van der Waals surface area contributed by atoms with Gasteiger partial charge in [-0.15, -0.1) is 0 Å². The van der Waals surface area contributed by atoms with Crippen LogP contribution in [0.1, 0.15) is 38.3 Å². The van der Waals surface area contributed by atoms with Crippen LogP contribution in [0.3, 0.4) is 0 Å². The van der Waals surface area contributed by atoms with Crippen LogP contribution in [0.4, 0.5) is 0 Å². The molecule has 2 rings (SSSR count). The molecule has 0 radical (unpaired) electrons. The third-order valence-electron chi connectivity index (χ3n) is 4.45. The summed E-state index contributed by atoms with van der Waals surface area (Å²) in [6.45, 7) is 7.96. The molecule has 1 saturated carbocycles. The molecule has 1 aromatic rings. The number of hydrogen-bond donors (Lipinski definition) is 0. The highest BCUT2D eigenvalue weighted by atomic mass is 16.2. The Morgan fingerprint density at radius 1 is 1.45 bits per heavy atom. The second-order valence-electron chi connectivity index (χ2n) is 6.76. The number of ketones is 2. The molecule has 0 saturated heterocycles. The van der Waals surface area contributed by atoms with Gasteiger partial charge in [0.05, 0.1) is 6.07 Å². The summed E-state index contributed by atoms with van der Waals surface area (Å²) in [7, 11) is 1.67.